The third kappa shape index (κ3) is 3.18. The van der Waals surface area contributed by atoms with E-state index in [2.05, 4.69) is 17.0 Å². The number of hydrogen-bond acceptors (Lipinski definition) is 3. The maximum absolute atomic E-state index is 12.3. The average molecular weight is 328 g/mol. The minimum atomic E-state index is -3.36. The van der Waals surface area contributed by atoms with E-state index < -0.39 is 16.1 Å². The van der Waals surface area contributed by atoms with E-state index >= 15 is 0 Å². The first-order valence-electron chi connectivity index (χ1n) is 8.44. The molecule has 1 amide bonds. The fourth-order valence-corrected chi connectivity index (χ4v) is 6.32. The minimum Gasteiger partial charge on any atom is -0.352 e. The summed E-state index contributed by atoms with van der Waals surface area (Å²) in [5.41, 5.74) is 0.245. The van der Waals surface area contributed by atoms with Crippen molar-refractivity contribution in [2.75, 3.05) is 6.26 Å². The first-order valence-corrected chi connectivity index (χ1v) is 10.3. The van der Waals surface area contributed by atoms with Crippen molar-refractivity contribution >= 4 is 15.9 Å². The van der Waals surface area contributed by atoms with Crippen LogP contribution in [0.4, 0.5) is 0 Å². The number of nitrogens with one attached hydrogen (secondary N) is 2. The molecule has 0 spiro atoms. The average Bonchev–Trinajstić information content (AvgIpc) is 2.34. The van der Waals surface area contributed by atoms with Crippen molar-refractivity contribution < 1.29 is 13.2 Å². The van der Waals surface area contributed by atoms with Crippen LogP contribution in [-0.2, 0) is 14.8 Å². The summed E-state index contributed by atoms with van der Waals surface area (Å²) in [6.07, 6.45) is 8.92. The summed E-state index contributed by atoms with van der Waals surface area (Å²) in [5, 5.41) is 3.09. The molecule has 0 aromatic carbocycles. The van der Waals surface area contributed by atoms with Crippen LogP contribution in [0.1, 0.15) is 52.4 Å². The fourth-order valence-electron chi connectivity index (χ4n) is 5.57. The Kier molecular flexibility index (Phi) is 4.05. The van der Waals surface area contributed by atoms with Gasteiger partial charge in [0.1, 0.15) is 0 Å². The summed E-state index contributed by atoms with van der Waals surface area (Å²) in [7, 11) is -3.36. The second-order valence-electron chi connectivity index (χ2n) is 8.12. The van der Waals surface area contributed by atoms with Gasteiger partial charge in [0.25, 0.3) is 0 Å². The topological polar surface area (TPSA) is 75.3 Å². The van der Waals surface area contributed by atoms with Gasteiger partial charge in [-0.1, -0.05) is 0 Å². The van der Waals surface area contributed by atoms with E-state index in [1.54, 1.807) is 6.92 Å². The highest BCUT2D eigenvalue weighted by Gasteiger charge is 2.53. The van der Waals surface area contributed by atoms with E-state index in [9.17, 15) is 13.2 Å². The van der Waals surface area contributed by atoms with Gasteiger partial charge in [0.05, 0.1) is 12.3 Å². The lowest BCUT2D eigenvalue weighted by atomic mass is 9.48. The maximum Gasteiger partial charge on any atom is 0.238 e. The molecule has 0 heterocycles. The zero-order valence-electron chi connectivity index (χ0n) is 13.8. The maximum atomic E-state index is 12.3. The normalized spacial score (nSPS) is 39.5. The summed E-state index contributed by atoms with van der Waals surface area (Å²) in [4.78, 5) is 12.3. The third-order valence-corrected chi connectivity index (χ3v) is 6.93. The van der Waals surface area contributed by atoms with Crippen LogP contribution in [0.3, 0.4) is 0 Å². The summed E-state index contributed by atoms with van der Waals surface area (Å²) in [6, 6.07) is -0.594. The molecule has 2 atom stereocenters. The molecule has 6 heteroatoms. The second-order valence-corrected chi connectivity index (χ2v) is 9.90. The Bertz CT molecular complexity index is 522. The highest BCUT2D eigenvalue weighted by molar-refractivity contribution is 7.88. The molecule has 22 heavy (non-hydrogen) atoms. The van der Waals surface area contributed by atoms with Gasteiger partial charge >= 0.3 is 0 Å². The van der Waals surface area contributed by atoms with Gasteiger partial charge in [-0.15, -0.1) is 0 Å². The zero-order valence-corrected chi connectivity index (χ0v) is 14.6. The molecule has 4 aliphatic rings. The lowest BCUT2D eigenvalue weighted by molar-refractivity contribution is -0.127. The van der Waals surface area contributed by atoms with Crippen molar-refractivity contribution in [3.05, 3.63) is 0 Å². The molecule has 4 aliphatic carbocycles. The molecule has 4 saturated carbocycles. The van der Waals surface area contributed by atoms with E-state index in [1.807, 2.05) is 0 Å². The summed E-state index contributed by atoms with van der Waals surface area (Å²) in [6.45, 7) is 3.71. The molecular formula is C16H28N2O3S. The number of hydrogen-bond donors (Lipinski definition) is 2. The quantitative estimate of drug-likeness (QED) is 0.806. The Morgan fingerprint density at radius 3 is 1.91 bits per heavy atom. The van der Waals surface area contributed by atoms with Gasteiger partial charge in [-0.3, -0.25) is 4.79 Å². The predicted molar refractivity (Wildman–Crippen MR) is 85.7 cm³/mol. The molecular weight excluding hydrogens is 300 g/mol. The van der Waals surface area contributed by atoms with Crippen molar-refractivity contribution in [3.8, 4) is 0 Å². The third-order valence-electron chi connectivity index (χ3n) is 6.15. The van der Waals surface area contributed by atoms with Crippen LogP contribution in [0.15, 0.2) is 0 Å². The number of sulfonamides is 1. The van der Waals surface area contributed by atoms with Gasteiger partial charge in [0.15, 0.2) is 0 Å². The monoisotopic (exact) mass is 328 g/mol. The molecule has 0 aromatic heterocycles. The smallest absolute Gasteiger partial charge is 0.238 e. The van der Waals surface area contributed by atoms with Crippen molar-refractivity contribution in [1.82, 2.24) is 10.0 Å². The van der Waals surface area contributed by atoms with Crippen LogP contribution < -0.4 is 10.0 Å². The van der Waals surface area contributed by atoms with E-state index in [1.165, 1.54) is 38.5 Å². The fraction of sp³-hybridized carbons (Fsp3) is 0.938. The highest BCUT2D eigenvalue weighted by Crippen LogP contribution is 2.61. The molecule has 2 N–H and O–H groups in total. The number of carbonyl (C=O) groups is 1. The van der Waals surface area contributed by atoms with E-state index in [-0.39, 0.29) is 17.4 Å². The number of rotatable bonds is 5. The van der Waals surface area contributed by atoms with Crippen LogP contribution in [-0.4, -0.2) is 32.7 Å². The van der Waals surface area contributed by atoms with Gasteiger partial charge < -0.3 is 5.32 Å². The summed E-state index contributed by atoms with van der Waals surface area (Å²) in [5.74, 6) is 2.32. The molecule has 0 radical (unpaired) electrons. The van der Waals surface area contributed by atoms with Crippen molar-refractivity contribution in [2.24, 2.45) is 23.2 Å². The lowest BCUT2D eigenvalue weighted by Crippen LogP contribution is -2.58. The van der Waals surface area contributed by atoms with E-state index in [0.29, 0.717) is 0 Å². The van der Waals surface area contributed by atoms with Gasteiger partial charge in [0, 0.05) is 6.04 Å². The molecule has 5 nitrogen and oxygen atoms in total. The Labute approximate surface area is 133 Å². The molecule has 0 unspecified atom stereocenters. The highest BCUT2D eigenvalue weighted by atomic mass is 32.2. The summed E-state index contributed by atoms with van der Waals surface area (Å²) >= 11 is 0. The molecule has 4 rings (SSSR count). The van der Waals surface area contributed by atoms with Crippen LogP contribution >= 0.6 is 0 Å². The Morgan fingerprint density at radius 2 is 1.50 bits per heavy atom. The van der Waals surface area contributed by atoms with E-state index in [0.717, 1.165) is 24.0 Å². The Balaban J connectivity index is 1.64. The minimum absolute atomic E-state index is 0.122. The lowest BCUT2D eigenvalue weighted by Gasteiger charge is -2.59. The molecule has 0 aliphatic heterocycles. The number of amides is 1. The Morgan fingerprint density at radius 1 is 1.05 bits per heavy atom. The standard InChI is InChI=1S/C16H28N2O3S/c1-10(18-22(3,20)21)15(19)17-11(2)16-7-12-4-13(8-16)6-14(5-12)9-16/h10-14,18H,4-9H2,1-3H3,(H,17,19)/t10-,11+,12?,13?,14?,16?/m0/s1. The first kappa shape index (κ1) is 16.2. The van der Waals surface area contributed by atoms with Crippen molar-refractivity contribution in [1.29, 1.82) is 0 Å². The zero-order chi connectivity index (χ0) is 16.1. The van der Waals surface area contributed by atoms with Crippen LogP contribution in [0, 0.1) is 23.2 Å². The summed E-state index contributed by atoms with van der Waals surface area (Å²) < 4.78 is 24.9. The Hall–Kier alpha value is -0.620. The van der Waals surface area contributed by atoms with Gasteiger partial charge in [0.2, 0.25) is 15.9 Å². The predicted octanol–water partition coefficient (Wildman–Crippen LogP) is 1.65. The van der Waals surface area contributed by atoms with Crippen molar-refractivity contribution in [3.63, 3.8) is 0 Å². The molecule has 4 bridgehead atoms. The molecule has 4 fully saturated rings. The largest absolute Gasteiger partial charge is 0.352 e. The SMILES string of the molecule is C[C@H](NS(C)(=O)=O)C(=O)N[C@H](C)C12CC3CC(CC(C3)C1)C2. The molecule has 0 saturated heterocycles. The van der Waals surface area contributed by atoms with Crippen molar-refractivity contribution in [2.45, 2.75) is 64.5 Å². The van der Waals surface area contributed by atoms with Gasteiger partial charge in [-0.05, 0) is 75.5 Å². The van der Waals surface area contributed by atoms with E-state index in [4.69, 9.17) is 0 Å². The van der Waals surface area contributed by atoms with Gasteiger partial charge in [-0.2, -0.15) is 0 Å². The van der Waals surface area contributed by atoms with Crippen LogP contribution in [0.5, 0.6) is 0 Å². The second kappa shape index (κ2) is 5.48. The van der Waals surface area contributed by atoms with Crippen LogP contribution in [0.25, 0.3) is 0 Å². The molecule has 126 valence electrons. The van der Waals surface area contributed by atoms with Crippen LogP contribution in [0.2, 0.25) is 0 Å². The molecule has 0 aromatic rings. The first-order chi connectivity index (χ1) is 10.2. The number of carbonyl (C=O) groups excluding carboxylic acids is 1. The van der Waals surface area contributed by atoms with Gasteiger partial charge in [-0.25, -0.2) is 13.1 Å².